The lowest BCUT2D eigenvalue weighted by molar-refractivity contribution is -0.0257. The molecule has 1 N–H and O–H groups in total. The average molecular weight is 297 g/mol. The quantitative estimate of drug-likeness (QED) is 0.837. The number of nitrogens with zero attached hydrogens (tertiary/aromatic N) is 2. The predicted octanol–water partition coefficient (Wildman–Crippen LogP) is 1.81. The Morgan fingerprint density at radius 1 is 1.14 bits per heavy atom. The fraction of sp³-hybridized carbons (Fsp3) is 1.00. The normalized spacial score (nSPS) is 31.7. The first-order valence-electron chi connectivity index (χ1n) is 8.67. The van der Waals surface area contributed by atoms with E-state index in [0.717, 1.165) is 19.8 Å². The van der Waals surface area contributed by atoms with E-state index < -0.39 is 0 Å². The van der Waals surface area contributed by atoms with Crippen LogP contribution in [-0.2, 0) is 4.74 Å². The average Bonchev–Trinajstić information content (AvgIpc) is 2.44. The van der Waals surface area contributed by atoms with Gasteiger partial charge in [-0.15, -0.1) is 0 Å². The second kappa shape index (κ2) is 7.40. The third kappa shape index (κ3) is 4.65. The van der Waals surface area contributed by atoms with E-state index in [9.17, 15) is 0 Å². The molecule has 2 heterocycles. The van der Waals surface area contributed by atoms with Gasteiger partial charge in [0.15, 0.2) is 0 Å². The molecule has 2 rings (SSSR count). The van der Waals surface area contributed by atoms with E-state index in [1.807, 2.05) is 0 Å². The van der Waals surface area contributed by atoms with Crippen LogP contribution >= 0.6 is 0 Å². The van der Waals surface area contributed by atoms with Gasteiger partial charge < -0.3 is 10.1 Å². The molecule has 0 aromatic heterocycles. The second-order valence-electron chi connectivity index (χ2n) is 7.71. The summed E-state index contributed by atoms with van der Waals surface area (Å²) in [6.45, 7) is 15.8. The number of rotatable bonds is 5. The van der Waals surface area contributed by atoms with E-state index in [1.165, 1.54) is 32.5 Å². The first-order chi connectivity index (χ1) is 9.92. The molecular formula is C17H35N3O. The molecule has 0 bridgehead atoms. The van der Waals surface area contributed by atoms with Crippen molar-refractivity contribution >= 4 is 0 Å². The number of likely N-dealkylation sites (N-methyl/N-ethyl adjacent to an activating group) is 1. The Hall–Kier alpha value is -0.160. The molecule has 0 amide bonds. The fourth-order valence-corrected chi connectivity index (χ4v) is 3.73. The van der Waals surface area contributed by atoms with Crippen LogP contribution in [-0.4, -0.2) is 74.4 Å². The third-order valence-corrected chi connectivity index (χ3v) is 5.43. The van der Waals surface area contributed by atoms with Gasteiger partial charge in [0.1, 0.15) is 0 Å². The number of ether oxygens (including phenoxy) is 1. The van der Waals surface area contributed by atoms with Gasteiger partial charge in [0.05, 0.1) is 0 Å². The Balaban J connectivity index is 1.97. The molecule has 4 nitrogen and oxygen atoms in total. The van der Waals surface area contributed by atoms with Crippen molar-refractivity contribution in [3.05, 3.63) is 0 Å². The molecule has 2 saturated heterocycles. The van der Waals surface area contributed by atoms with Crippen molar-refractivity contribution in [2.75, 3.05) is 46.4 Å². The van der Waals surface area contributed by atoms with Crippen molar-refractivity contribution in [2.45, 2.75) is 58.7 Å². The van der Waals surface area contributed by atoms with Crippen LogP contribution in [0.25, 0.3) is 0 Å². The minimum atomic E-state index is 0.401. The summed E-state index contributed by atoms with van der Waals surface area (Å²) in [6.07, 6.45) is 2.39. The van der Waals surface area contributed by atoms with Crippen LogP contribution in [0, 0.1) is 5.41 Å². The largest absolute Gasteiger partial charge is 0.381 e. The minimum Gasteiger partial charge on any atom is -0.381 e. The molecule has 4 heteroatoms. The maximum absolute atomic E-state index is 5.63. The topological polar surface area (TPSA) is 27.7 Å². The Morgan fingerprint density at radius 3 is 2.24 bits per heavy atom. The summed E-state index contributed by atoms with van der Waals surface area (Å²) in [6, 6.07) is 1.88. The molecule has 124 valence electrons. The highest BCUT2D eigenvalue weighted by molar-refractivity contribution is 4.91. The highest BCUT2D eigenvalue weighted by atomic mass is 16.5. The zero-order valence-electron chi connectivity index (χ0n) is 14.7. The first kappa shape index (κ1) is 17.2. The fourth-order valence-electron chi connectivity index (χ4n) is 3.73. The van der Waals surface area contributed by atoms with Gasteiger partial charge in [0.2, 0.25) is 0 Å². The summed E-state index contributed by atoms with van der Waals surface area (Å²) in [5, 5.41) is 3.68. The summed E-state index contributed by atoms with van der Waals surface area (Å²) >= 11 is 0. The molecule has 0 aliphatic carbocycles. The monoisotopic (exact) mass is 297 g/mol. The molecular weight excluding hydrogens is 262 g/mol. The summed E-state index contributed by atoms with van der Waals surface area (Å²) in [5.74, 6) is 0. The highest BCUT2D eigenvalue weighted by Crippen LogP contribution is 2.32. The van der Waals surface area contributed by atoms with E-state index in [0.29, 0.717) is 23.5 Å². The Labute approximate surface area is 131 Å². The molecule has 0 aromatic carbocycles. The maximum Gasteiger partial charge on any atom is 0.0472 e. The van der Waals surface area contributed by atoms with Gasteiger partial charge in [-0.1, -0.05) is 13.8 Å². The van der Waals surface area contributed by atoms with Gasteiger partial charge in [-0.2, -0.15) is 0 Å². The van der Waals surface area contributed by atoms with Crippen LogP contribution in [0.15, 0.2) is 0 Å². The van der Waals surface area contributed by atoms with E-state index in [2.05, 4.69) is 49.9 Å². The second-order valence-corrected chi connectivity index (χ2v) is 7.71. The van der Waals surface area contributed by atoms with E-state index >= 15 is 0 Å². The van der Waals surface area contributed by atoms with E-state index in [1.54, 1.807) is 0 Å². The lowest BCUT2D eigenvalue weighted by Gasteiger charge is -2.47. The van der Waals surface area contributed by atoms with Crippen LogP contribution in [0.4, 0.5) is 0 Å². The lowest BCUT2D eigenvalue weighted by Crippen LogP contribution is -2.58. The number of nitrogens with one attached hydrogen (secondary N) is 1. The zero-order chi connectivity index (χ0) is 15.5. The van der Waals surface area contributed by atoms with Gasteiger partial charge >= 0.3 is 0 Å². The van der Waals surface area contributed by atoms with Gasteiger partial charge in [-0.05, 0) is 39.2 Å². The molecule has 2 atom stereocenters. The van der Waals surface area contributed by atoms with Gasteiger partial charge in [-0.3, -0.25) is 9.80 Å². The van der Waals surface area contributed by atoms with Crippen LogP contribution in [0.2, 0.25) is 0 Å². The molecule has 2 fully saturated rings. The first-order valence-corrected chi connectivity index (χ1v) is 8.67. The van der Waals surface area contributed by atoms with Crippen LogP contribution in [0.5, 0.6) is 0 Å². The van der Waals surface area contributed by atoms with Crippen molar-refractivity contribution < 1.29 is 4.74 Å². The smallest absolute Gasteiger partial charge is 0.0472 e. The Bertz CT molecular complexity index is 303. The van der Waals surface area contributed by atoms with Crippen molar-refractivity contribution in [1.29, 1.82) is 0 Å². The van der Waals surface area contributed by atoms with Gasteiger partial charge in [0.25, 0.3) is 0 Å². The molecule has 2 unspecified atom stereocenters. The molecule has 2 aliphatic heterocycles. The molecule has 0 radical (unpaired) electrons. The van der Waals surface area contributed by atoms with Crippen LogP contribution in [0.3, 0.4) is 0 Å². The standard InChI is InChI=1S/C17H35N3O/c1-14(2)18-12-17(6-8-21-9-7-17)13-20-10-15(3)19(5)16(4)11-20/h14-16,18H,6-13H2,1-5H3. The van der Waals surface area contributed by atoms with Crippen LogP contribution < -0.4 is 5.32 Å². The van der Waals surface area contributed by atoms with Crippen molar-refractivity contribution in [1.82, 2.24) is 15.1 Å². The summed E-state index contributed by atoms with van der Waals surface area (Å²) in [7, 11) is 2.26. The number of hydrogen-bond acceptors (Lipinski definition) is 4. The molecule has 21 heavy (non-hydrogen) atoms. The summed E-state index contributed by atoms with van der Waals surface area (Å²) < 4.78 is 5.63. The molecule has 0 spiro atoms. The lowest BCUT2D eigenvalue weighted by atomic mass is 9.79. The Kier molecular flexibility index (Phi) is 6.06. The maximum atomic E-state index is 5.63. The molecule has 0 aromatic rings. The van der Waals surface area contributed by atoms with Crippen molar-refractivity contribution in [3.63, 3.8) is 0 Å². The van der Waals surface area contributed by atoms with Crippen molar-refractivity contribution in [2.24, 2.45) is 5.41 Å². The summed E-state index contributed by atoms with van der Waals surface area (Å²) in [4.78, 5) is 5.21. The highest BCUT2D eigenvalue weighted by Gasteiger charge is 2.37. The minimum absolute atomic E-state index is 0.401. The van der Waals surface area contributed by atoms with Gasteiger partial charge in [0, 0.05) is 57.5 Å². The van der Waals surface area contributed by atoms with Gasteiger partial charge in [-0.25, -0.2) is 0 Å². The number of hydrogen-bond donors (Lipinski definition) is 1. The van der Waals surface area contributed by atoms with Crippen LogP contribution in [0.1, 0.15) is 40.5 Å². The van der Waals surface area contributed by atoms with Crippen molar-refractivity contribution in [3.8, 4) is 0 Å². The molecule has 2 aliphatic rings. The SMILES string of the molecule is CC(C)NCC1(CN2CC(C)N(C)C(C)C2)CCOCC1. The number of piperazine rings is 1. The Morgan fingerprint density at radius 2 is 1.71 bits per heavy atom. The van der Waals surface area contributed by atoms with E-state index in [-0.39, 0.29) is 0 Å². The zero-order valence-corrected chi connectivity index (χ0v) is 14.7. The molecule has 0 saturated carbocycles. The predicted molar refractivity (Wildman–Crippen MR) is 88.8 cm³/mol. The van der Waals surface area contributed by atoms with E-state index in [4.69, 9.17) is 4.74 Å². The summed E-state index contributed by atoms with van der Waals surface area (Å²) in [5.41, 5.74) is 0.401. The third-order valence-electron chi connectivity index (χ3n) is 5.43.